The van der Waals surface area contributed by atoms with Crippen molar-refractivity contribution in [1.82, 2.24) is 15.5 Å². The second kappa shape index (κ2) is 10.3. The molecule has 1 aromatic rings. The maximum Gasteiger partial charge on any atom is 0.406 e. The Morgan fingerprint density at radius 3 is 2.29 bits per heavy atom. The number of nitrogens with one attached hydrogen (secondary N) is 2. The molecule has 0 bridgehead atoms. The molecule has 0 unspecified atom stereocenters. The van der Waals surface area contributed by atoms with Gasteiger partial charge in [0.15, 0.2) is 5.96 Å². The van der Waals surface area contributed by atoms with Gasteiger partial charge >= 0.3 is 6.18 Å². The normalized spacial score (nSPS) is 11.5. The van der Waals surface area contributed by atoms with Gasteiger partial charge in [0.25, 0.3) is 0 Å². The number of carbonyl (C=O) groups is 1. The molecule has 1 amide bonds. The first kappa shape index (κ1) is 22.4. The summed E-state index contributed by atoms with van der Waals surface area (Å²) in [5.74, 6) is -0.815. The lowest BCUT2D eigenvalue weighted by molar-refractivity contribution is -0.157. The lowest BCUT2D eigenvalue weighted by Crippen LogP contribution is -2.45. The van der Waals surface area contributed by atoms with Gasteiger partial charge in [-0.05, 0) is 17.7 Å². The summed E-state index contributed by atoms with van der Waals surface area (Å²) >= 11 is 0. The Bertz CT molecular complexity index is 549. The third-order valence-electron chi connectivity index (χ3n) is 2.85. The summed E-state index contributed by atoms with van der Waals surface area (Å²) in [7, 11) is 2.54. The number of hydrogen-bond donors (Lipinski definition) is 2. The van der Waals surface area contributed by atoms with E-state index in [1.165, 1.54) is 19.2 Å². The fourth-order valence-corrected chi connectivity index (χ4v) is 1.66. The van der Waals surface area contributed by atoms with Gasteiger partial charge < -0.3 is 15.5 Å². The molecule has 10 heteroatoms. The predicted octanol–water partition coefficient (Wildman–Crippen LogP) is 2.13. The topological polar surface area (TPSA) is 56.7 Å². The zero-order chi connectivity index (χ0) is 17.5. The number of nitrogens with zero attached hydrogens (tertiary/aromatic N) is 2. The average Bonchev–Trinajstić information content (AvgIpc) is 2.47. The number of guanidine groups is 1. The maximum atomic E-state index is 12.8. The molecule has 0 saturated carbocycles. The lowest BCUT2D eigenvalue weighted by Gasteiger charge is -2.20. The van der Waals surface area contributed by atoms with Crippen molar-refractivity contribution in [2.75, 3.05) is 27.2 Å². The minimum Gasteiger partial charge on any atom is -0.352 e. The van der Waals surface area contributed by atoms with Crippen LogP contribution in [0.2, 0.25) is 0 Å². The van der Waals surface area contributed by atoms with E-state index in [1.54, 1.807) is 12.1 Å². The second-order valence-corrected chi connectivity index (χ2v) is 4.77. The molecule has 0 aliphatic carbocycles. The van der Waals surface area contributed by atoms with Gasteiger partial charge in [-0.25, -0.2) is 4.39 Å². The molecule has 0 fully saturated rings. The van der Waals surface area contributed by atoms with Crippen LogP contribution in [-0.2, 0) is 11.3 Å². The zero-order valence-electron chi connectivity index (χ0n) is 13.2. The van der Waals surface area contributed by atoms with Crippen LogP contribution in [-0.4, -0.2) is 50.1 Å². The van der Waals surface area contributed by atoms with E-state index in [0.29, 0.717) is 11.4 Å². The minimum absolute atomic E-state index is 0. The Balaban J connectivity index is 0.00000529. The van der Waals surface area contributed by atoms with Crippen LogP contribution >= 0.6 is 24.0 Å². The molecule has 5 nitrogen and oxygen atoms in total. The Morgan fingerprint density at radius 1 is 1.21 bits per heavy atom. The highest BCUT2D eigenvalue weighted by atomic mass is 127. The van der Waals surface area contributed by atoms with Crippen molar-refractivity contribution in [2.24, 2.45) is 4.99 Å². The molecule has 0 aliphatic rings. The van der Waals surface area contributed by atoms with Crippen LogP contribution < -0.4 is 10.6 Å². The molecule has 0 radical (unpaired) electrons. The van der Waals surface area contributed by atoms with E-state index in [0.717, 1.165) is 12.6 Å². The van der Waals surface area contributed by atoms with Crippen LogP contribution in [0.25, 0.3) is 0 Å². The van der Waals surface area contributed by atoms with Crippen molar-refractivity contribution in [1.29, 1.82) is 0 Å². The Morgan fingerprint density at radius 2 is 1.79 bits per heavy atom. The highest BCUT2D eigenvalue weighted by Gasteiger charge is 2.31. The van der Waals surface area contributed by atoms with Crippen LogP contribution in [0.5, 0.6) is 0 Å². The average molecular weight is 462 g/mol. The molecule has 2 N–H and O–H groups in total. The molecule has 1 aromatic carbocycles. The van der Waals surface area contributed by atoms with E-state index in [4.69, 9.17) is 0 Å². The van der Waals surface area contributed by atoms with Crippen LogP contribution in [0.15, 0.2) is 29.3 Å². The Kier molecular flexibility index (Phi) is 9.63. The number of likely N-dealkylation sites (N-methyl/N-ethyl adjacent to an activating group) is 1. The Labute approximate surface area is 154 Å². The quantitative estimate of drug-likeness (QED) is 0.305. The van der Waals surface area contributed by atoms with E-state index in [-0.39, 0.29) is 42.3 Å². The number of carbonyl (C=O) groups excluding carboxylic acids is 1. The summed E-state index contributed by atoms with van der Waals surface area (Å²) in [4.78, 5) is 16.0. The maximum absolute atomic E-state index is 12.8. The van der Waals surface area contributed by atoms with E-state index in [2.05, 4.69) is 15.6 Å². The molecule has 136 valence electrons. The largest absolute Gasteiger partial charge is 0.406 e. The van der Waals surface area contributed by atoms with E-state index in [1.807, 2.05) is 0 Å². The zero-order valence-corrected chi connectivity index (χ0v) is 15.5. The van der Waals surface area contributed by atoms with Gasteiger partial charge in [-0.2, -0.15) is 13.2 Å². The number of benzene rings is 1. The molecular weight excluding hydrogens is 443 g/mol. The first-order valence-corrected chi connectivity index (χ1v) is 6.71. The first-order valence-electron chi connectivity index (χ1n) is 6.71. The van der Waals surface area contributed by atoms with E-state index in [9.17, 15) is 22.4 Å². The van der Waals surface area contributed by atoms with Crippen molar-refractivity contribution < 1.29 is 22.4 Å². The highest BCUT2D eigenvalue weighted by Crippen LogP contribution is 2.15. The minimum atomic E-state index is -4.44. The van der Waals surface area contributed by atoms with Crippen LogP contribution in [0.3, 0.4) is 0 Å². The van der Waals surface area contributed by atoms with Crippen LogP contribution in [0.4, 0.5) is 17.6 Å². The summed E-state index contributed by atoms with van der Waals surface area (Å²) < 4.78 is 49.3. The van der Waals surface area contributed by atoms with Crippen molar-refractivity contribution in [3.8, 4) is 0 Å². The van der Waals surface area contributed by atoms with Gasteiger partial charge in [-0.15, -0.1) is 24.0 Å². The van der Waals surface area contributed by atoms with Gasteiger partial charge in [-0.3, -0.25) is 9.79 Å². The van der Waals surface area contributed by atoms with Crippen LogP contribution in [0.1, 0.15) is 5.56 Å². The lowest BCUT2D eigenvalue weighted by atomic mass is 10.2. The van der Waals surface area contributed by atoms with Gasteiger partial charge in [0.2, 0.25) is 5.91 Å². The van der Waals surface area contributed by atoms with Crippen molar-refractivity contribution in [3.63, 3.8) is 0 Å². The smallest absolute Gasteiger partial charge is 0.352 e. The van der Waals surface area contributed by atoms with Crippen molar-refractivity contribution in [3.05, 3.63) is 35.6 Å². The highest BCUT2D eigenvalue weighted by molar-refractivity contribution is 14.0. The third kappa shape index (κ3) is 8.89. The van der Waals surface area contributed by atoms with Crippen LogP contribution in [0, 0.1) is 5.82 Å². The molecule has 0 aliphatic heterocycles. The van der Waals surface area contributed by atoms with E-state index >= 15 is 0 Å². The number of alkyl halides is 3. The molecule has 0 saturated heterocycles. The Hall–Kier alpha value is -1.59. The number of hydrogen-bond acceptors (Lipinski definition) is 2. The molecule has 0 spiro atoms. The standard InChI is InChI=1S/C14H18F4N4O.HI/c1-19-13(20-7-10-3-5-11(15)6-4-10)21-8-12(23)22(2)9-14(16,17)18;/h3-6H,7-9H2,1-2H3,(H2,19,20,21);1H. The predicted molar refractivity (Wildman–Crippen MR) is 93.7 cm³/mol. The first-order chi connectivity index (χ1) is 10.7. The van der Waals surface area contributed by atoms with Crippen molar-refractivity contribution >= 4 is 35.8 Å². The molecule has 1 rings (SSSR count). The summed E-state index contributed by atoms with van der Waals surface area (Å²) in [6.45, 7) is -1.31. The fraction of sp³-hybridized carbons (Fsp3) is 0.429. The summed E-state index contributed by atoms with van der Waals surface area (Å²) in [5.41, 5.74) is 0.787. The molecule has 0 atom stereocenters. The SMILES string of the molecule is CN=C(NCC(=O)N(C)CC(F)(F)F)NCc1ccc(F)cc1.I. The van der Waals surface area contributed by atoms with Gasteiger partial charge in [0, 0.05) is 20.6 Å². The van der Waals surface area contributed by atoms with Gasteiger partial charge in [-0.1, -0.05) is 12.1 Å². The second-order valence-electron chi connectivity index (χ2n) is 4.77. The number of halogens is 5. The molecule has 0 heterocycles. The summed E-state index contributed by atoms with van der Waals surface area (Å²) in [6.07, 6.45) is -4.44. The number of aliphatic imine (C=N–C) groups is 1. The molecule has 24 heavy (non-hydrogen) atoms. The summed E-state index contributed by atoms with van der Waals surface area (Å²) in [6, 6.07) is 5.78. The number of amides is 1. The third-order valence-corrected chi connectivity index (χ3v) is 2.85. The fourth-order valence-electron chi connectivity index (χ4n) is 1.66. The van der Waals surface area contributed by atoms with Crippen molar-refractivity contribution in [2.45, 2.75) is 12.7 Å². The molecule has 0 aromatic heterocycles. The summed E-state index contributed by atoms with van der Waals surface area (Å²) in [5, 5.41) is 5.49. The monoisotopic (exact) mass is 462 g/mol. The number of rotatable bonds is 5. The van der Waals surface area contributed by atoms with Gasteiger partial charge in [0.05, 0.1) is 6.54 Å². The molecular formula is C14H19F4IN4O. The van der Waals surface area contributed by atoms with E-state index < -0.39 is 18.6 Å². The van der Waals surface area contributed by atoms with Gasteiger partial charge in [0.1, 0.15) is 12.4 Å².